The maximum absolute atomic E-state index is 13.3. The number of amides is 3. The van der Waals surface area contributed by atoms with Gasteiger partial charge in [-0.15, -0.1) is 0 Å². The van der Waals surface area contributed by atoms with Crippen LogP contribution in [0.1, 0.15) is 31.4 Å². The number of hydrogen-bond acceptors (Lipinski definition) is 7. The van der Waals surface area contributed by atoms with E-state index in [1.165, 1.54) is 19.1 Å². The summed E-state index contributed by atoms with van der Waals surface area (Å²) in [6, 6.07) is 4.26. The molecule has 0 bridgehead atoms. The molecule has 35 heavy (non-hydrogen) atoms. The van der Waals surface area contributed by atoms with Crippen LogP contribution in [0.25, 0.3) is 0 Å². The highest BCUT2D eigenvalue weighted by Gasteiger charge is 2.40. The Morgan fingerprint density at radius 2 is 1.80 bits per heavy atom. The third-order valence-electron chi connectivity index (χ3n) is 6.80. The van der Waals surface area contributed by atoms with Crippen LogP contribution in [0.2, 0.25) is 0 Å². The molecule has 0 unspecified atom stereocenters. The highest BCUT2D eigenvalue weighted by Crippen LogP contribution is 2.40. The van der Waals surface area contributed by atoms with Crippen molar-refractivity contribution in [1.82, 2.24) is 20.0 Å². The summed E-state index contributed by atoms with van der Waals surface area (Å²) < 4.78 is 16.5. The van der Waals surface area contributed by atoms with Crippen LogP contribution >= 0.6 is 0 Å². The Kier molecular flexibility index (Phi) is 7.49. The molecule has 4 rings (SSSR count). The topological polar surface area (TPSA) is 101 Å². The summed E-state index contributed by atoms with van der Waals surface area (Å²) in [4.78, 5) is 44.3. The Bertz CT molecular complexity index is 1010. The van der Waals surface area contributed by atoms with Gasteiger partial charge in [0.1, 0.15) is 0 Å². The quantitative estimate of drug-likeness (QED) is 0.559. The minimum absolute atomic E-state index is 0.200. The first-order valence-electron chi connectivity index (χ1n) is 12.1. The summed E-state index contributed by atoms with van der Waals surface area (Å²) in [6.45, 7) is 4.95. The molecule has 3 aliphatic rings. The van der Waals surface area contributed by atoms with Crippen molar-refractivity contribution in [2.24, 2.45) is 5.92 Å². The normalized spacial score (nSPS) is 21.0. The van der Waals surface area contributed by atoms with Gasteiger partial charge in [0, 0.05) is 56.9 Å². The SMILES string of the molecule is CCOC(=O)C1=C(CN2CCN(C(=O)C3CC3)CC2)N(C)C(=O)N[C@@H]1c1cccc(OC)c1OC. The van der Waals surface area contributed by atoms with Crippen LogP contribution in [0.3, 0.4) is 0 Å². The van der Waals surface area contributed by atoms with E-state index in [2.05, 4.69) is 10.2 Å². The lowest BCUT2D eigenvalue weighted by molar-refractivity contribution is -0.139. The van der Waals surface area contributed by atoms with E-state index in [4.69, 9.17) is 14.2 Å². The zero-order chi connectivity index (χ0) is 25.1. The molecule has 1 atom stereocenters. The number of carbonyl (C=O) groups is 3. The number of hydrogen-bond donors (Lipinski definition) is 1. The standard InChI is InChI=1S/C25H34N4O6/c1-5-35-24(31)20-18(15-28-11-13-29(14-12-28)23(30)16-9-10-16)27(2)25(32)26-21(20)17-7-6-8-19(33-3)22(17)34-4/h6-8,16,21H,5,9-15H2,1-4H3,(H,26,32)/t21-/m1/s1. The second-order valence-electron chi connectivity index (χ2n) is 8.98. The van der Waals surface area contributed by atoms with Crippen LogP contribution in [0.4, 0.5) is 4.79 Å². The van der Waals surface area contributed by atoms with Crippen molar-refractivity contribution in [3.8, 4) is 11.5 Å². The number of rotatable bonds is 8. The molecule has 2 fully saturated rings. The van der Waals surface area contributed by atoms with Crippen LogP contribution in [0, 0.1) is 5.92 Å². The van der Waals surface area contributed by atoms with Gasteiger partial charge in [0.25, 0.3) is 0 Å². The summed E-state index contributed by atoms with van der Waals surface area (Å²) in [5, 5.41) is 2.93. The first-order chi connectivity index (χ1) is 16.9. The predicted octanol–water partition coefficient (Wildman–Crippen LogP) is 1.77. The average Bonchev–Trinajstić information content (AvgIpc) is 3.71. The van der Waals surface area contributed by atoms with Gasteiger partial charge in [-0.2, -0.15) is 0 Å². The summed E-state index contributed by atoms with van der Waals surface area (Å²) in [6.07, 6.45) is 1.98. The van der Waals surface area contributed by atoms with Crippen molar-refractivity contribution in [2.75, 3.05) is 60.6 Å². The molecule has 10 nitrogen and oxygen atoms in total. The molecule has 1 saturated heterocycles. The van der Waals surface area contributed by atoms with E-state index >= 15 is 0 Å². The van der Waals surface area contributed by atoms with Crippen molar-refractivity contribution in [3.05, 3.63) is 35.0 Å². The van der Waals surface area contributed by atoms with Crippen LogP contribution in [0.5, 0.6) is 11.5 Å². The van der Waals surface area contributed by atoms with Crippen molar-refractivity contribution >= 4 is 17.9 Å². The molecule has 1 N–H and O–H groups in total. The molecule has 0 aromatic heterocycles. The van der Waals surface area contributed by atoms with E-state index < -0.39 is 12.0 Å². The van der Waals surface area contributed by atoms with E-state index in [-0.39, 0.29) is 24.5 Å². The minimum Gasteiger partial charge on any atom is -0.493 e. The van der Waals surface area contributed by atoms with Gasteiger partial charge in [-0.1, -0.05) is 12.1 Å². The summed E-state index contributed by atoms with van der Waals surface area (Å²) in [5.41, 5.74) is 1.54. The summed E-state index contributed by atoms with van der Waals surface area (Å²) >= 11 is 0. The minimum atomic E-state index is -0.768. The number of ether oxygens (including phenoxy) is 3. The second-order valence-corrected chi connectivity index (χ2v) is 8.98. The molecule has 1 aromatic carbocycles. The molecule has 190 valence electrons. The Labute approximate surface area is 205 Å². The number of para-hydroxylation sites is 1. The Balaban J connectivity index is 1.67. The Morgan fingerprint density at radius 1 is 1.09 bits per heavy atom. The van der Waals surface area contributed by atoms with Gasteiger partial charge < -0.3 is 24.4 Å². The molecule has 3 amide bonds. The van der Waals surface area contributed by atoms with Crippen molar-refractivity contribution in [2.45, 2.75) is 25.8 Å². The van der Waals surface area contributed by atoms with Crippen molar-refractivity contribution < 1.29 is 28.6 Å². The number of likely N-dealkylation sites (N-methyl/N-ethyl adjacent to an activating group) is 1. The van der Waals surface area contributed by atoms with Crippen molar-refractivity contribution in [1.29, 1.82) is 0 Å². The van der Waals surface area contributed by atoms with Crippen LogP contribution in [0.15, 0.2) is 29.5 Å². The number of methoxy groups -OCH3 is 2. The number of nitrogens with zero attached hydrogens (tertiary/aromatic N) is 3. The van der Waals surface area contributed by atoms with Gasteiger partial charge in [-0.25, -0.2) is 9.59 Å². The molecule has 0 radical (unpaired) electrons. The average molecular weight is 487 g/mol. The molecule has 10 heteroatoms. The third-order valence-corrected chi connectivity index (χ3v) is 6.80. The van der Waals surface area contributed by atoms with E-state index in [9.17, 15) is 14.4 Å². The number of benzene rings is 1. The molecule has 1 saturated carbocycles. The fraction of sp³-hybridized carbons (Fsp3) is 0.560. The van der Waals surface area contributed by atoms with Gasteiger partial charge in [-0.05, 0) is 25.8 Å². The van der Waals surface area contributed by atoms with Gasteiger partial charge in [0.05, 0.1) is 32.4 Å². The van der Waals surface area contributed by atoms with Gasteiger partial charge in [0.2, 0.25) is 5.91 Å². The number of carbonyl (C=O) groups excluding carboxylic acids is 3. The van der Waals surface area contributed by atoms with Gasteiger partial charge in [0.15, 0.2) is 11.5 Å². The van der Waals surface area contributed by atoms with Crippen molar-refractivity contribution in [3.63, 3.8) is 0 Å². The smallest absolute Gasteiger partial charge is 0.338 e. The monoisotopic (exact) mass is 486 g/mol. The second kappa shape index (κ2) is 10.6. The third kappa shape index (κ3) is 5.07. The summed E-state index contributed by atoms with van der Waals surface area (Å²) in [7, 11) is 4.71. The van der Waals surface area contributed by atoms with Crippen LogP contribution < -0.4 is 14.8 Å². The first-order valence-corrected chi connectivity index (χ1v) is 12.1. The lowest BCUT2D eigenvalue weighted by atomic mass is 9.93. The van der Waals surface area contributed by atoms with E-state index in [0.717, 1.165) is 12.8 Å². The maximum atomic E-state index is 13.3. The van der Waals surface area contributed by atoms with E-state index in [1.807, 2.05) is 4.90 Å². The number of nitrogens with one attached hydrogen (secondary N) is 1. The van der Waals surface area contributed by atoms with Gasteiger partial charge in [-0.3, -0.25) is 14.6 Å². The Morgan fingerprint density at radius 3 is 2.40 bits per heavy atom. The molecule has 1 aliphatic carbocycles. The number of esters is 1. The number of piperazine rings is 1. The molecular formula is C25H34N4O6. The zero-order valence-electron chi connectivity index (χ0n) is 20.8. The fourth-order valence-corrected chi connectivity index (χ4v) is 4.70. The highest BCUT2D eigenvalue weighted by molar-refractivity contribution is 5.95. The molecule has 2 heterocycles. The maximum Gasteiger partial charge on any atom is 0.338 e. The lowest BCUT2D eigenvalue weighted by Crippen LogP contribution is -2.53. The summed E-state index contributed by atoms with van der Waals surface area (Å²) in [5.74, 6) is 0.895. The first kappa shape index (κ1) is 24.8. The fourth-order valence-electron chi connectivity index (χ4n) is 4.70. The van der Waals surface area contributed by atoms with Crippen LogP contribution in [-0.2, 0) is 14.3 Å². The zero-order valence-corrected chi connectivity index (χ0v) is 20.8. The van der Waals surface area contributed by atoms with Crippen LogP contribution in [-0.4, -0.2) is 93.2 Å². The number of urea groups is 1. The molecule has 2 aliphatic heterocycles. The highest BCUT2D eigenvalue weighted by atomic mass is 16.5. The Hall–Kier alpha value is -3.27. The predicted molar refractivity (Wildman–Crippen MR) is 128 cm³/mol. The van der Waals surface area contributed by atoms with Gasteiger partial charge >= 0.3 is 12.0 Å². The van der Waals surface area contributed by atoms with E-state index in [1.54, 1.807) is 32.2 Å². The largest absolute Gasteiger partial charge is 0.493 e. The van der Waals surface area contributed by atoms with E-state index in [0.29, 0.717) is 61.1 Å². The molecule has 1 aromatic rings. The molecule has 0 spiro atoms. The lowest BCUT2D eigenvalue weighted by Gasteiger charge is -2.39. The molecular weight excluding hydrogens is 452 g/mol.